The molecule has 1 unspecified atom stereocenters. The minimum atomic E-state index is -0.888. The van der Waals surface area contributed by atoms with E-state index in [0.717, 1.165) is 65.9 Å². The minimum absolute atomic E-state index is 0.0496. The number of carbonyl (C=O) groups is 4. The first-order chi connectivity index (χ1) is 23.7. The van der Waals surface area contributed by atoms with Gasteiger partial charge in [-0.1, -0.05) is 6.07 Å². The van der Waals surface area contributed by atoms with Crippen molar-refractivity contribution in [1.29, 1.82) is 0 Å². The van der Waals surface area contributed by atoms with Crippen molar-refractivity contribution in [2.45, 2.75) is 70.2 Å². The summed E-state index contributed by atoms with van der Waals surface area (Å²) in [6.07, 6.45) is 3.90. The van der Waals surface area contributed by atoms with Crippen LogP contribution in [0.3, 0.4) is 0 Å². The number of hydrogen-bond acceptors (Lipinski definition) is 11. The Morgan fingerprint density at radius 2 is 1.71 bits per heavy atom. The van der Waals surface area contributed by atoms with E-state index in [1.807, 2.05) is 12.1 Å². The van der Waals surface area contributed by atoms with E-state index in [4.69, 9.17) is 14.5 Å². The number of aromatic nitrogens is 2. The molecule has 2 aromatic carbocycles. The third-order valence-corrected chi connectivity index (χ3v) is 10.3. The van der Waals surface area contributed by atoms with Gasteiger partial charge in [-0.15, -0.1) is 0 Å². The Bertz CT molecular complexity index is 1920. The Labute approximate surface area is 284 Å². The second-order valence-electron chi connectivity index (χ2n) is 13.9. The summed E-state index contributed by atoms with van der Waals surface area (Å²) in [5, 5.41) is 0. The van der Waals surface area contributed by atoms with Crippen LogP contribution in [0.5, 0.6) is 11.5 Å². The van der Waals surface area contributed by atoms with E-state index in [9.17, 15) is 19.2 Å². The van der Waals surface area contributed by atoms with Gasteiger partial charge in [0.05, 0.1) is 41.5 Å². The monoisotopic (exact) mass is 662 g/mol. The maximum Gasteiger partial charge on any atom is 0.262 e. The highest BCUT2D eigenvalue weighted by Gasteiger charge is 2.44. The summed E-state index contributed by atoms with van der Waals surface area (Å²) in [5.41, 5.74) is 4.35. The summed E-state index contributed by atoms with van der Waals surface area (Å²) in [7, 11) is 0. The van der Waals surface area contributed by atoms with E-state index in [1.54, 1.807) is 24.5 Å². The third-order valence-electron chi connectivity index (χ3n) is 10.3. The molecule has 0 spiro atoms. The van der Waals surface area contributed by atoms with E-state index in [2.05, 4.69) is 45.7 Å². The molecule has 2 amide bonds. The van der Waals surface area contributed by atoms with E-state index in [1.165, 1.54) is 5.56 Å². The fourth-order valence-electron chi connectivity index (χ4n) is 7.22. The number of nitrogens with zero attached hydrogens (tertiary/aromatic N) is 6. The summed E-state index contributed by atoms with van der Waals surface area (Å²) in [4.78, 5) is 70.0. The Morgan fingerprint density at radius 3 is 2.51 bits per heavy atom. The van der Waals surface area contributed by atoms with Crippen LogP contribution in [0.25, 0.3) is 0 Å². The molecule has 252 valence electrons. The second kappa shape index (κ2) is 12.2. The Morgan fingerprint density at radius 1 is 0.918 bits per heavy atom. The lowest BCUT2D eigenvalue weighted by Gasteiger charge is -2.40. The first-order valence-electron chi connectivity index (χ1n) is 17.0. The lowest BCUT2D eigenvalue weighted by molar-refractivity contribution is -0.132. The van der Waals surface area contributed by atoms with Crippen LogP contribution >= 0.6 is 0 Å². The molecule has 3 fully saturated rings. The van der Waals surface area contributed by atoms with Crippen LogP contribution in [0.1, 0.15) is 83.5 Å². The molecule has 0 bridgehead atoms. The smallest absolute Gasteiger partial charge is 0.262 e. The highest BCUT2D eigenvalue weighted by Crippen LogP contribution is 2.40. The Hall–Kier alpha value is -4.97. The van der Waals surface area contributed by atoms with Gasteiger partial charge >= 0.3 is 0 Å². The predicted molar refractivity (Wildman–Crippen MR) is 179 cm³/mol. The number of benzene rings is 2. The van der Waals surface area contributed by atoms with Crippen LogP contribution < -0.4 is 14.4 Å². The quantitative estimate of drug-likeness (QED) is 0.247. The number of fused-ring (bicyclic) bond motifs is 2. The van der Waals surface area contributed by atoms with Gasteiger partial charge in [-0.05, 0) is 69.0 Å². The molecule has 12 heteroatoms. The van der Waals surface area contributed by atoms with Crippen molar-refractivity contribution in [3.05, 3.63) is 76.7 Å². The van der Waals surface area contributed by atoms with Gasteiger partial charge in [0, 0.05) is 50.3 Å². The number of carbonyl (C=O) groups excluding carboxylic acids is 4. The average Bonchev–Trinajstić information content (AvgIpc) is 3.57. The largest absolute Gasteiger partial charge is 0.492 e. The molecule has 49 heavy (non-hydrogen) atoms. The van der Waals surface area contributed by atoms with Gasteiger partial charge in [0.15, 0.2) is 5.78 Å². The Kier molecular flexibility index (Phi) is 7.78. The second-order valence-corrected chi connectivity index (χ2v) is 13.9. The highest BCUT2D eigenvalue weighted by atomic mass is 16.5. The summed E-state index contributed by atoms with van der Waals surface area (Å²) >= 11 is 0. The molecule has 0 radical (unpaired) electrons. The molecule has 2 atom stereocenters. The van der Waals surface area contributed by atoms with Gasteiger partial charge in [0.25, 0.3) is 11.8 Å². The topological polar surface area (TPSA) is 135 Å². The molecule has 2 aliphatic carbocycles. The van der Waals surface area contributed by atoms with E-state index in [-0.39, 0.29) is 53.6 Å². The summed E-state index contributed by atoms with van der Waals surface area (Å²) in [5.74, 6) is 0.685. The highest BCUT2D eigenvalue weighted by molar-refractivity contribution is 6.23. The number of piperazine rings is 1. The molecule has 5 aliphatic rings. The van der Waals surface area contributed by atoms with Crippen molar-refractivity contribution >= 4 is 34.9 Å². The van der Waals surface area contributed by atoms with E-state index in [0.29, 0.717) is 25.4 Å². The van der Waals surface area contributed by atoms with Crippen molar-refractivity contribution in [3.63, 3.8) is 0 Å². The number of amides is 2. The minimum Gasteiger partial charge on any atom is -0.492 e. The average molecular weight is 663 g/mol. The number of imide groups is 1. The number of anilines is 1. The molecule has 3 aliphatic heterocycles. The summed E-state index contributed by atoms with van der Waals surface area (Å²) < 4.78 is 12.3. The molecule has 12 nitrogen and oxygen atoms in total. The normalized spacial score (nSPS) is 23.0. The molecular formula is C37H38N6O6. The third kappa shape index (κ3) is 5.98. The van der Waals surface area contributed by atoms with Crippen molar-refractivity contribution in [2.24, 2.45) is 4.99 Å². The van der Waals surface area contributed by atoms with Crippen molar-refractivity contribution in [1.82, 2.24) is 19.8 Å². The van der Waals surface area contributed by atoms with Crippen LogP contribution in [0.2, 0.25) is 0 Å². The first-order valence-corrected chi connectivity index (χ1v) is 17.0. The molecule has 3 aromatic rings. The van der Waals surface area contributed by atoms with Crippen LogP contribution in [-0.2, 0) is 16.1 Å². The number of rotatable bonds is 9. The summed E-state index contributed by atoms with van der Waals surface area (Å²) in [6, 6.07) is 12.4. The van der Waals surface area contributed by atoms with Crippen LogP contribution in [0.4, 0.5) is 5.82 Å². The maximum atomic E-state index is 13.2. The Balaban J connectivity index is 0.867. The van der Waals surface area contributed by atoms with Gasteiger partial charge in [0.1, 0.15) is 41.6 Å². The number of hydrogen-bond donors (Lipinski definition) is 0. The van der Waals surface area contributed by atoms with Gasteiger partial charge in [-0.3, -0.25) is 34.0 Å². The van der Waals surface area contributed by atoms with Gasteiger partial charge in [0.2, 0.25) is 0 Å². The van der Waals surface area contributed by atoms with Crippen LogP contribution in [-0.4, -0.2) is 99.3 Å². The van der Waals surface area contributed by atoms with Crippen molar-refractivity contribution in [3.8, 4) is 11.5 Å². The van der Waals surface area contributed by atoms with E-state index >= 15 is 0 Å². The van der Waals surface area contributed by atoms with Gasteiger partial charge < -0.3 is 14.4 Å². The zero-order valence-electron chi connectivity index (χ0n) is 27.7. The fraction of sp³-hybridized carbons (Fsp3) is 0.432. The predicted octanol–water partition coefficient (Wildman–Crippen LogP) is 3.64. The van der Waals surface area contributed by atoms with Gasteiger partial charge in [-0.25, -0.2) is 9.97 Å². The van der Waals surface area contributed by atoms with E-state index < -0.39 is 17.9 Å². The van der Waals surface area contributed by atoms with Crippen LogP contribution in [0.15, 0.2) is 53.8 Å². The summed E-state index contributed by atoms with van der Waals surface area (Å²) in [6.45, 7) is 8.43. The molecule has 1 saturated heterocycles. The molecular weight excluding hydrogens is 624 g/mol. The standard InChI is InChI=1S/C37H38N6O6/c1-22-20-42(33-18-30(39-21-40-33)34-28-17-26(49-37(2)9-10-37)5-3-23(28)19-38-34)12-11-41(22)13-14-48-25-6-7-27-29(16-25)36(47)43(35(27)46)31-8-4-24(44)15-32(31)45/h3,5-7,16-18,21-22,31H,4,8-15,19-20H2,1-2H3/t22-,31?/m0/s1. The number of aliphatic imine (C=N–C) groups is 1. The SMILES string of the molecule is C[C@H]1CN(c2cc(C3=NCc4ccc(OC5(C)CC5)cc43)ncn2)CCN1CCOc1ccc2c(c1)C(=O)N(C1CCC(=O)CC1=O)C2=O. The lowest BCUT2D eigenvalue weighted by atomic mass is 9.92. The zero-order valence-corrected chi connectivity index (χ0v) is 27.7. The number of ketones is 2. The zero-order chi connectivity index (χ0) is 33.9. The maximum absolute atomic E-state index is 13.2. The van der Waals surface area contributed by atoms with Crippen molar-refractivity contribution in [2.75, 3.05) is 37.7 Å². The van der Waals surface area contributed by atoms with Gasteiger partial charge in [-0.2, -0.15) is 0 Å². The molecule has 8 rings (SSSR count). The molecule has 1 aromatic heterocycles. The first kappa shape index (κ1) is 31.3. The molecule has 0 N–H and O–H groups in total. The number of Topliss-reactive ketones (excluding diaryl/α,β-unsaturated/α-hetero) is 2. The lowest BCUT2D eigenvalue weighted by Crippen LogP contribution is -2.53. The van der Waals surface area contributed by atoms with Crippen LogP contribution in [0, 0.1) is 0 Å². The fourth-order valence-corrected chi connectivity index (χ4v) is 7.22. The number of ether oxygens (including phenoxy) is 2. The van der Waals surface area contributed by atoms with Crippen molar-refractivity contribution < 1.29 is 28.7 Å². The molecule has 2 saturated carbocycles. The molecule has 4 heterocycles.